The molecule has 1 amide bonds. The van der Waals surface area contributed by atoms with Gasteiger partial charge in [0.1, 0.15) is 0 Å². The number of nitrogens with zero attached hydrogens (tertiary/aromatic N) is 1. The van der Waals surface area contributed by atoms with Gasteiger partial charge in [-0.25, -0.2) is 0 Å². The van der Waals surface area contributed by atoms with Gasteiger partial charge < -0.3 is 10.6 Å². The van der Waals surface area contributed by atoms with E-state index in [1.807, 2.05) is 48.2 Å². The van der Waals surface area contributed by atoms with Crippen molar-refractivity contribution in [2.45, 2.75) is 13.3 Å². The van der Waals surface area contributed by atoms with Crippen LogP contribution in [0.15, 0.2) is 53.0 Å². The predicted octanol–water partition coefficient (Wildman–Crippen LogP) is 3.40. The van der Waals surface area contributed by atoms with Gasteiger partial charge in [-0.1, -0.05) is 52.3 Å². The van der Waals surface area contributed by atoms with Crippen LogP contribution in [0.4, 0.5) is 0 Å². The molecular formula is C18H21BrN2O. The number of benzene rings is 2. The molecule has 0 radical (unpaired) electrons. The van der Waals surface area contributed by atoms with Gasteiger partial charge in [0, 0.05) is 29.7 Å². The molecule has 0 fully saturated rings. The van der Waals surface area contributed by atoms with Gasteiger partial charge in [0.15, 0.2) is 0 Å². The maximum Gasteiger partial charge on any atom is 0.253 e. The highest BCUT2D eigenvalue weighted by atomic mass is 79.9. The second-order valence-electron chi connectivity index (χ2n) is 5.28. The Morgan fingerprint density at radius 3 is 2.50 bits per heavy atom. The maximum atomic E-state index is 12.7. The summed E-state index contributed by atoms with van der Waals surface area (Å²) in [7, 11) is 0. The molecule has 4 heteroatoms. The van der Waals surface area contributed by atoms with Crippen LogP contribution in [0.3, 0.4) is 0 Å². The van der Waals surface area contributed by atoms with Crippen LogP contribution in [-0.4, -0.2) is 30.4 Å². The highest BCUT2D eigenvalue weighted by Crippen LogP contribution is 2.18. The molecule has 0 spiro atoms. The van der Waals surface area contributed by atoms with Gasteiger partial charge >= 0.3 is 0 Å². The zero-order chi connectivity index (χ0) is 15.9. The molecule has 0 saturated heterocycles. The van der Waals surface area contributed by atoms with Crippen LogP contribution in [0.1, 0.15) is 21.5 Å². The molecule has 0 atom stereocenters. The van der Waals surface area contributed by atoms with E-state index in [2.05, 4.69) is 28.1 Å². The van der Waals surface area contributed by atoms with E-state index in [1.54, 1.807) is 0 Å². The number of hydrogen-bond donors (Lipinski definition) is 1. The van der Waals surface area contributed by atoms with Crippen molar-refractivity contribution in [3.8, 4) is 0 Å². The monoisotopic (exact) mass is 360 g/mol. The number of rotatable bonds is 6. The molecule has 0 aliphatic rings. The average molecular weight is 361 g/mol. The van der Waals surface area contributed by atoms with Gasteiger partial charge in [0.25, 0.3) is 5.91 Å². The summed E-state index contributed by atoms with van der Waals surface area (Å²) < 4.78 is 0.953. The Morgan fingerprint density at radius 2 is 1.86 bits per heavy atom. The van der Waals surface area contributed by atoms with Gasteiger partial charge in [0.2, 0.25) is 0 Å². The first kappa shape index (κ1) is 16.7. The normalized spacial score (nSPS) is 10.5. The Hall–Kier alpha value is -1.65. The lowest BCUT2D eigenvalue weighted by atomic mass is 10.1. The molecule has 0 saturated carbocycles. The van der Waals surface area contributed by atoms with Gasteiger partial charge in [-0.2, -0.15) is 0 Å². The fourth-order valence-electron chi connectivity index (χ4n) is 2.29. The molecule has 2 rings (SSSR count). The predicted molar refractivity (Wildman–Crippen MR) is 94.0 cm³/mol. The molecular weight excluding hydrogens is 340 g/mol. The lowest BCUT2D eigenvalue weighted by Crippen LogP contribution is -2.37. The Balaban J connectivity index is 2.09. The van der Waals surface area contributed by atoms with Crippen LogP contribution >= 0.6 is 15.9 Å². The molecule has 0 bridgehead atoms. The molecule has 0 aromatic heterocycles. The standard InChI is InChI=1S/C18H21BrN2O/c1-14-7-8-16(13-17(14)19)18(22)21(12-10-20)11-9-15-5-3-2-4-6-15/h2-8,13H,9-12,20H2,1H3. The zero-order valence-corrected chi connectivity index (χ0v) is 14.3. The lowest BCUT2D eigenvalue weighted by Gasteiger charge is -2.22. The summed E-state index contributed by atoms with van der Waals surface area (Å²) in [5.41, 5.74) is 8.70. The fraction of sp³-hybridized carbons (Fsp3) is 0.278. The third-order valence-corrected chi connectivity index (χ3v) is 4.47. The summed E-state index contributed by atoms with van der Waals surface area (Å²) in [6.45, 7) is 3.71. The third kappa shape index (κ3) is 4.42. The van der Waals surface area contributed by atoms with Gasteiger partial charge in [-0.15, -0.1) is 0 Å². The van der Waals surface area contributed by atoms with Crippen LogP contribution in [-0.2, 0) is 6.42 Å². The number of hydrogen-bond acceptors (Lipinski definition) is 2. The van der Waals surface area contributed by atoms with Crippen molar-refractivity contribution >= 4 is 21.8 Å². The van der Waals surface area contributed by atoms with Crippen molar-refractivity contribution in [2.75, 3.05) is 19.6 Å². The van der Waals surface area contributed by atoms with E-state index in [9.17, 15) is 4.79 Å². The number of halogens is 1. The molecule has 3 nitrogen and oxygen atoms in total. The largest absolute Gasteiger partial charge is 0.337 e. The number of amides is 1. The fourth-order valence-corrected chi connectivity index (χ4v) is 2.67. The van der Waals surface area contributed by atoms with Crippen LogP contribution < -0.4 is 5.73 Å². The summed E-state index contributed by atoms with van der Waals surface area (Å²) in [6.07, 6.45) is 0.833. The first-order valence-electron chi connectivity index (χ1n) is 7.41. The van der Waals surface area contributed by atoms with E-state index >= 15 is 0 Å². The molecule has 2 N–H and O–H groups in total. The number of carbonyl (C=O) groups excluding carboxylic acids is 1. The third-order valence-electron chi connectivity index (χ3n) is 3.62. The minimum absolute atomic E-state index is 0.0297. The summed E-state index contributed by atoms with van der Waals surface area (Å²) in [6, 6.07) is 15.9. The van der Waals surface area contributed by atoms with E-state index in [0.717, 1.165) is 16.5 Å². The van der Waals surface area contributed by atoms with Crippen LogP contribution in [0.25, 0.3) is 0 Å². The minimum Gasteiger partial charge on any atom is -0.337 e. The smallest absolute Gasteiger partial charge is 0.253 e. The molecule has 116 valence electrons. The van der Waals surface area contributed by atoms with E-state index in [4.69, 9.17) is 5.73 Å². The number of nitrogens with two attached hydrogens (primary N) is 1. The van der Waals surface area contributed by atoms with Crippen LogP contribution in [0.5, 0.6) is 0 Å². The summed E-state index contributed by atoms with van der Waals surface area (Å²) >= 11 is 3.48. The number of carbonyl (C=O) groups is 1. The van der Waals surface area contributed by atoms with Crippen LogP contribution in [0.2, 0.25) is 0 Å². The van der Waals surface area contributed by atoms with E-state index in [-0.39, 0.29) is 5.91 Å². The van der Waals surface area contributed by atoms with Gasteiger partial charge in [-0.3, -0.25) is 4.79 Å². The minimum atomic E-state index is 0.0297. The first-order valence-corrected chi connectivity index (χ1v) is 8.20. The van der Waals surface area contributed by atoms with Gasteiger partial charge in [-0.05, 0) is 36.6 Å². The summed E-state index contributed by atoms with van der Waals surface area (Å²) in [5.74, 6) is 0.0297. The van der Waals surface area contributed by atoms with Crippen molar-refractivity contribution in [3.05, 3.63) is 69.7 Å². The van der Waals surface area contributed by atoms with E-state index in [0.29, 0.717) is 25.2 Å². The highest BCUT2D eigenvalue weighted by molar-refractivity contribution is 9.10. The Kier molecular flexibility index (Phi) is 6.16. The molecule has 0 aliphatic carbocycles. The highest BCUT2D eigenvalue weighted by Gasteiger charge is 2.15. The SMILES string of the molecule is Cc1ccc(C(=O)N(CCN)CCc2ccccc2)cc1Br. The molecule has 2 aromatic carbocycles. The first-order chi connectivity index (χ1) is 10.6. The molecule has 0 heterocycles. The molecule has 0 unspecified atom stereocenters. The van der Waals surface area contributed by atoms with Crippen molar-refractivity contribution in [1.29, 1.82) is 0 Å². The molecule has 2 aromatic rings. The second kappa shape index (κ2) is 8.11. The Bertz CT molecular complexity index is 628. The second-order valence-corrected chi connectivity index (χ2v) is 6.13. The molecule has 22 heavy (non-hydrogen) atoms. The van der Waals surface area contributed by atoms with E-state index < -0.39 is 0 Å². The Morgan fingerprint density at radius 1 is 1.14 bits per heavy atom. The topological polar surface area (TPSA) is 46.3 Å². The maximum absolute atomic E-state index is 12.7. The quantitative estimate of drug-likeness (QED) is 0.857. The van der Waals surface area contributed by atoms with Crippen molar-refractivity contribution in [1.82, 2.24) is 4.90 Å². The zero-order valence-electron chi connectivity index (χ0n) is 12.8. The summed E-state index contributed by atoms with van der Waals surface area (Å²) in [5, 5.41) is 0. The van der Waals surface area contributed by atoms with Crippen LogP contribution in [0, 0.1) is 6.92 Å². The molecule has 0 aliphatic heterocycles. The van der Waals surface area contributed by atoms with Crippen molar-refractivity contribution in [2.24, 2.45) is 5.73 Å². The Labute approximate surface area is 140 Å². The van der Waals surface area contributed by atoms with Crippen molar-refractivity contribution < 1.29 is 4.79 Å². The summed E-state index contributed by atoms with van der Waals surface area (Å²) in [4.78, 5) is 14.5. The van der Waals surface area contributed by atoms with E-state index in [1.165, 1.54) is 5.56 Å². The van der Waals surface area contributed by atoms with Gasteiger partial charge in [0.05, 0.1) is 0 Å². The number of aryl methyl sites for hydroxylation is 1. The average Bonchev–Trinajstić information content (AvgIpc) is 2.54. The lowest BCUT2D eigenvalue weighted by molar-refractivity contribution is 0.0762. The van der Waals surface area contributed by atoms with Crippen molar-refractivity contribution in [3.63, 3.8) is 0 Å².